The maximum atomic E-state index is 13.6. The molecule has 0 aliphatic carbocycles. The predicted octanol–water partition coefficient (Wildman–Crippen LogP) is 2.38. The molecular weight excluding hydrogens is 319 g/mol. The van der Waals surface area contributed by atoms with Crippen LogP contribution in [0.4, 0.5) is 10.1 Å². The molecule has 0 bridgehead atoms. The molecule has 0 unspecified atom stereocenters. The summed E-state index contributed by atoms with van der Waals surface area (Å²) in [6.45, 7) is 0. The van der Waals surface area contributed by atoms with Gasteiger partial charge in [0.25, 0.3) is 10.0 Å². The molecule has 21 heavy (non-hydrogen) atoms. The fourth-order valence-corrected chi connectivity index (χ4v) is 2.80. The van der Waals surface area contributed by atoms with Crippen molar-refractivity contribution in [3.8, 4) is 0 Å². The molecular formula is C13H10ClFN2O3S. The first-order chi connectivity index (χ1) is 9.79. The van der Waals surface area contributed by atoms with Crippen molar-refractivity contribution in [2.45, 2.75) is 4.90 Å². The third-order valence-electron chi connectivity index (χ3n) is 2.62. The third kappa shape index (κ3) is 3.50. The zero-order valence-corrected chi connectivity index (χ0v) is 12.1. The van der Waals surface area contributed by atoms with Crippen LogP contribution in [0.2, 0.25) is 5.02 Å². The first-order valence-electron chi connectivity index (χ1n) is 5.67. The molecule has 110 valence electrons. The molecule has 2 aromatic rings. The van der Waals surface area contributed by atoms with Gasteiger partial charge < -0.3 is 5.73 Å². The number of anilines is 1. The predicted molar refractivity (Wildman–Crippen MR) is 77.2 cm³/mol. The number of hydrogen-bond donors (Lipinski definition) is 2. The second kappa shape index (κ2) is 5.71. The maximum absolute atomic E-state index is 13.6. The van der Waals surface area contributed by atoms with Gasteiger partial charge in [-0.3, -0.25) is 9.52 Å². The van der Waals surface area contributed by atoms with Crippen LogP contribution in [0.1, 0.15) is 10.4 Å². The van der Waals surface area contributed by atoms with Crippen molar-refractivity contribution in [3.63, 3.8) is 0 Å². The van der Waals surface area contributed by atoms with Crippen LogP contribution < -0.4 is 10.5 Å². The number of amides is 1. The Morgan fingerprint density at radius 3 is 2.29 bits per heavy atom. The molecule has 2 rings (SSSR count). The zero-order valence-electron chi connectivity index (χ0n) is 10.5. The van der Waals surface area contributed by atoms with E-state index in [1.807, 2.05) is 0 Å². The number of benzene rings is 2. The van der Waals surface area contributed by atoms with E-state index in [-0.39, 0.29) is 21.2 Å². The van der Waals surface area contributed by atoms with Gasteiger partial charge >= 0.3 is 0 Å². The summed E-state index contributed by atoms with van der Waals surface area (Å²) in [6, 6.07) is 8.53. The Kier molecular flexibility index (Phi) is 4.15. The molecule has 0 saturated heterocycles. The van der Waals surface area contributed by atoms with E-state index in [1.54, 1.807) is 0 Å². The van der Waals surface area contributed by atoms with Gasteiger partial charge in [0.1, 0.15) is 5.82 Å². The van der Waals surface area contributed by atoms with Crippen LogP contribution in [0.25, 0.3) is 0 Å². The smallest absolute Gasteiger partial charge is 0.261 e. The lowest BCUT2D eigenvalue weighted by Gasteiger charge is -2.09. The van der Waals surface area contributed by atoms with Crippen LogP contribution >= 0.6 is 11.6 Å². The van der Waals surface area contributed by atoms with Crippen molar-refractivity contribution < 1.29 is 17.6 Å². The van der Waals surface area contributed by atoms with Gasteiger partial charge in [0.05, 0.1) is 10.6 Å². The number of nitrogens with one attached hydrogen (secondary N) is 1. The van der Waals surface area contributed by atoms with Crippen molar-refractivity contribution in [2.24, 2.45) is 5.73 Å². The van der Waals surface area contributed by atoms with Crippen LogP contribution in [0, 0.1) is 5.82 Å². The summed E-state index contributed by atoms with van der Waals surface area (Å²) in [6.07, 6.45) is 0. The Hall–Kier alpha value is -2.12. The zero-order chi connectivity index (χ0) is 15.6. The van der Waals surface area contributed by atoms with Crippen LogP contribution in [0.3, 0.4) is 0 Å². The van der Waals surface area contributed by atoms with Gasteiger partial charge in [0.2, 0.25) is 5.91 Å². The summed E-state index contributed by atoms with van der Waals surface area (Å²) in [5, 5.41) is 0.154. The van der Waals surface area contributed by atoms with E-state index in [9.17, 15) is 17.6 Å². The number of rotatable bonds is 4. The molecule has 0 atom stereocenters. The standard InChI is InChI=1S/C13H10ClFN2O3S/c14-9-3-6-12(11(15)7-9)17-21(19,20)10-4-1-8(2-5-10)13(16)18/h1-7,17H,(H2,16,18). The van der Waals surface area contributed by atoms with Gasteiger partial charge in [0.15, 0.2) is 0 Å². The molecule has 0 aliphatic heterocycles. The maximum Gasteiger partial charge on any atom is 0.261 e. The molecule has 2 aromatic carbocycles. The van der Waals surface area contributed by atoms with Gasteiger partial charge in [-0.2, -0.15) is 0 Å². The molecule has 1 amide bonds. The van der Waals surface area contributed by atoms with Crippen molar-refractivity contribution in [1.29, 1.82) is 0 Å². The molecule has 0 radical (unpaired) electrons. The Morgan fingerprint density at radius 1 is 1.14 bits per heavy atom. The Balaban J connectivity index is 2.31. The van der Waals surface area contributed by atoms with Crippen molar-refractivity contribution in [1.82, 2.24) is 0 Å². The number of primary amides is 1. The van der Waals surface area contributed by atoms with Gasteiger partial charge in [-0.15, -0.1) is 0 Å². The van der Waals surface area contributed by atoms with Crippen LogP contribution in [-0.2, 0) is 10.0 Å². The number of nitrogens with two attached hydrogens (primary N) is 1. The molecule has 0 saturated carbocycles. The lowest BCUT2D eigenvalue weighted by Crippen LogP contribution is -2.15. The van der Waals surface area contributed by atoms with Gasteiger partial charge in [0, 0.05) is 10.6 Å². The molecule has 0 spiro atoms. The second-order valence-corrected chi connectivity index (χ2v) is 6.24. The highest BCUT2D eigenvalue weighted by atomic mass is 35.5. The molecule has 0 aliphatic rings. The largest absolute Gasteiger partial charge is 0.366 e. The fraction of sp³-hybridized carbons (Fsp3) is 0. The quantitative estimate of drug-likeness (QED) is 0.903. The Morgan fingerprint density at radius 2 is 1.76 bits per heavy atom. The van der Waals surface area contributed by atoms with E-state index >= 15 is 0 Å². The highest BCUT2D eigenvalue weighted by Crippen LogP contribution is 2.22. The average Bonchev–Trinajstić information content (AvgIpc) is 2.42. The topological polar surface area (TPSA) is 89.3 Å². The molecule has 0 aromatic heterocycles. The normalized spacial score (nSPS) is 11.1. The number of halogens is 2. The first-order valence-corrected chi connectivity index (χ1v) is 7.53. The third-order valence-corrected chi connectivity index (χ3v) is 4.24. The number of carbonyl (C=O) groups excluding carboxylic acids is 1. The monoisotopic (exact) mass is 328 g/mol. The highest BCUT2D eigenvalue weighted by Gasteiger charge is 2.16. The Labute approximate surface area is 125 Å². The fourth-order valence-electron chi connectivity index (χ4n) is 1.57. The van der Waals surface area contributed by atoms with E-state index in [4.69, 9.17) is 17.3 Å². The van der Waals surface area contributed by atoms with Crippen LogP contribution in [0.5, 0.6) is 0 Å². The van der Waals surface area contributed by atoms with E-state index in [1.165, 1.54) is 36.4 Å². The highest BCUT2D eigenvalue weighted by molar-refractivity contribution is 7.92. The van der Waals surface area contributed by atoms with E-state index in [2.05, 4.69) is 4.72 Å². The van der Waals surface area contributed by atoms with Crippen molar-refractivity contribution in [3.05, 3.63) is 58.9 Å². The lowest BCUT2D eigenvalue weighted by molar-refractivity contribution is 0.1000. The molecule has 8 heteroatoms. The van der Waals surface area contributed by atoms with Gasteiger partial charge in [-0.25, -0.2) is 12.8 Å². The van der Waals surface area contributed by atoms with Gasteiger partial charge in [-0.1, -0.05) is 11.6 Å². The van der Waals surface area contributed by atoms with E-state index < -0.39 is 21.7 Å². The summed E-state index contributed by atoms with van der Waals surface area (Å²) in [5.41, 5.74) is 5.01. The molecule has 0 heterocycles. The van der Waals surface area contributed by atoms with Gasteiger partial charge in [-0.05, 0) is 42.5 Å². The second-order valence-electron chi connectivity index (χ2n) is 4.12. The van der Waals surface area contributed by atoms with Crippen molar-refractivity contribution in [2.75, 3.05) is 4.72 Å². The van der Waals surface area contributed by atoms with E-state index in [0.29, 0.717) is 0 Å². The summed E-state index contributed by atoms with van der Waals surface area (Å²) >= 11 is 5.59. The van der Waals surface area contributed by atoms with Crippen molar-refractivity contribution >= 4 is 33.2 Å². The SMILES string of the molecule is NC(=O)c1ccc(S(=O)(=O)Nc2ccc(Cl)cc2F)cc1. The minimum atomic E-state index is -3.98. The van der Waals surface area contributed by atoms with E-state index in [0.717, 1.165) is 6.07 Å². The van der Waals surface area contributed by atoms with Crippen LogP contribution in [0.15, 0.2) is 47.4 Å². The number of carbonyl (C=O) groups is 1. The summed E-state index contributed by atoms with van der Waals surface area (Å²) in [5.74, 6) is -1.46. The number of sulfonamides is 1. The summed E-state index contributed by atoms with van der Waals surface area (Å²) < 4.78 is 39.9. The Bertz CT molecular complexity index is 792. The first kappa shape index (κ1) is 15.3. The lowest BCUT2D eigenvalue weighted by atomic mass is 10.2. The minimum Gasteiger partial charge on any atom is -0.366 e. The summed E-state index contributed by atoms with van der Waals surface area (Å²) in [7, 11) is -3.98. The minimum absolute atomic E-state index is 0.123. The molecule has 3 N–H and O–H groups in total. The molecule has 5 nitrogen and oxygen atoms in total. The molecule has 0 fully saturated rings. The average molecular weight is 329 g/mol. The van der Waals surface area contributed by atoms with Crippen LogP contribution in [-0.4, -0.2) is 14.3 Å². The summed E-state index contributed by atoms with van der Waals surface area (Å²) in [4.78, 5) is 10.8. The number of hydrogen-bond acceptors (Lipinski definition) is 3.